The van der Waals surface area contributed by atoms with E-state index in [1.165, 1.54) is 0 Å². The highest BCUT2D eigenvalue weighted by Crippen LogP contribution is 2.18. The summed E-state index contributed by atoms with van der Waals surface area (Å²) in [6.45, 7) is 2.68. The molecule has 2 heterocycles. The van der Waals surface area contributed by atoms with Crippen molar-refractivity contribution in [3.05, 3.63) is 60.2 Å². The van der Waals surface area contributed by atoms with Crippen LogP contribution in [0.5, 0.6) is 5.75 Å². The van der Waals surface area contributed by atoms with Crippen LogP contribution in [0.1, 0.15) is 5.56 Å². The van der Waals surface area contributed by atoms with Crippen LogP contribution in [0.15, 0.2) is 59.7 Å². The molecule has 0 unspecified atom stereocenters. The lowest BCUT2D eigenvalue weighted by Gasteiger charge is -2.27. The van der Waals surface area contributed by atoms with Crippen molar-refractivity contribution in [3.63, 3.8) is 0 Å². The van der Waals surface area contributed by atoms with Gasteiger partial charge in [-0.15, -0.1) is 0 Å². The van der Waals surface area contributed by atoms with Crippen LogP contribution in [-0.4, -0.2) is 52.6 Å². The molecule has 0 saturated carbocycles. The van der Waals surface area contributed by atoms with Crippen molar-refractivity contribution in [1.29, 1.82) is 0 Å². The first-order valence-corrected chi connectivity index (χ1v) is 9.25. The molecular formula is C20H21N7O2. The SMILES string of the molecule is Oc1cccc(/C=N/Nc2nc(Nc3ccccc3)nc(N3CCOCC3)n2)c1. The fraction of sp³-hybridized carbons (Fsp3) is 0.200. The number of nitrogens with zero attached hydrogens (tertiary/aromatic N) is 5. The zero-order valence-corrected chi connectivity index (χ0v) is 15.7. The molecule has 2 aromatic carbocycles. The van der Waals surface area contributed by atoms with Gasteiger partial charge >= 0.3 is 0 Å². The van der Waals surface area contributed by atoms with Crippen LogP contribution in [-0.2, 0) is 4.74 Å². The Bertz CT molecular complexity index is 976. The molecule has 3 N–H and O–H groups in total. The number of morpholine rings is 1. The molecule has 0 atom stereocenters. The molecule has 1 aliphatic rings. The molecule has 0 aliphatic carbocycles. The molecule has 0 bridgehead atoms. The second-order valence-electron chi connectivity index (χ2n) is 6.34. The number of hydrazone groups is 1. The number of hydrogen-bond donors (Lipinski definition) is 3. The monoisotopic (exact) mass is 391 g/mol. The maximum absolute atomic E-state index is 9.55. The number of anilines is 4. The topological polar surface area (TPSA) is 108 Å². The third kappa shape index (κ3) is 5.17. The maximum atomic E-state index is 9.55. The highest BCUT2D eigenvalue weighted by Gasteiger charge is 2.16. The van der Waals surface area contributed by atoms with E-state index >= 15 is 0 Å². The van der Waals surface area contributed by atoms with Crippen molar-refractivity contribution in [3.8, 4) is 5.75 Å². The van der Waals surface area contributed by atoms with Crippen LogP contribution in [0.3, 0.4) is 0 Å². The summed E-state index contributed by atoms with van der Waals surface area (Å²) in [4.78, 5) is 15.5. The highest BCUT2D eigenvalue weighted by atomic mass is 16.5. The van der Waals surface area contributed by atoms with Crippen LogP contribution in [0.2, 0.25) is 0 Å². The summed E-state index contributed by atoms with van der Waals surface area (Å²) in [6.07, 6.45) is 1.59. The van der Waals surface area contributed by atoms with E-state index in [1.807, 2.05) is 41.3 Å². The van der Waals surface area contributed by atoms with Gasteiger partial charge < -0.3 is 20.1 Å². The van der Waals surface area contributed by atoms with Crippen molar-refractivity contribution in [1.82, 2.24) is 15.0 Å². The van der Waals surface area contributed by atoms with E-state index in [2.05, 4.69) is 30.8 Å². The molecule has 1 aliphatic heterocycles. The van der Waals surface area contributed by atoms with Crippen LogP contribution in [0, 0.1) is 0 Å². The molecule has 3 aromatic rings. The van der Waals surface area contributed by atoms with Crippen molar-refractivity contribution in [2.45, 2.75) is 0 Å². The minimum atomic E-state index is 0.179. The van der Waals surface area contributed by atoms with Gasteiger partial charge in [0.2, 0.25) is 17.8 Å². The van der Waals surface area contributed by atoms with Gasteiger partial charge in [0.05, 0.1) is 19.4 Å². The molecule has 0 amide bonds. The first kappa shape index (κ1) is 18.6. The predicted molar refractivity (Wildman–Crippen MR) is 112 cm³/mol. The molecule has 1 aromatic heterocycles. The number of phenols is 1. The lowest BCUT2D eigenvalue weighted by molar-refractivity contribution is 0.122. The summed E-state index contributed by atoms with van der Waals surface area (Å²) in [7, 11) is 0. The van der Waals surface area contributed by atoms with Gasteiger partial charge in [0.15, 0.2) is 0 Å². The van der Waals surface area contributed by atoms with Crippen LogP contribution >= 0.6 is 0 Å². The van der Waals surface area contributed by atoms with E-state index in [9.17, 15) is 5.11 Å². The van der Waals surface area contributed by atoms with E-state index in [4.69, 9.17) is 4.74 Å². The van der Waals surface area contributed by atoms with Gasteiger partial charge in [-0.1, -0.05) is 30.3 Å². The zero-order valence-electron chi connectivity index (χ0n) is 15.7. The third-order valence-corrected chi connectivity index (χ3v) is 4.20. The number of rotatable bonds is 6. The lowest BCUT2D eigenvalue weighted by atomic mass is 10.2. The minimum absolute atomic E-state index is 0.179. The van der Waals surface area contributed by atoms with Gasteiger partial charge in [-0.3, -0.25) is 0 Å². The minimum Gasteiger partial charge on any atom is -0.508 e. The van der Waals surface area contributed by atoms with Crippen LogP contribution in [0.4, 0.5) is 23.5 Å². The van der Waals surface area contributed by atoms with E-state index in [0.29, 0.717) is 44.1 Å². The Balaban J connectivity index is 1.56. The van der Waals surface area contributed by atoms with Crippen molar-refractivity contribution < 1.29 is 9.84 Å². The Morgan fingerprint density at radius 2 is 1.76 bits per heavy atom. The van der Waals surface area contributed by atoms with E-state index in [1.54, 1.807) is 24.4 Å². The molecule has 1 saturated heterocycles. The normalized spacial score (nSPS) is 14.1. The molecule has 1 fully saturated rings. The number of para-hydroxylation sites is 1. The first-order chi connectivity index (χ1) is 14.3. The molecule has 9 nitrogen and oxygen atoms in total. The summed E-state index contributed by atoms with van der Waals surface area (Å²) >= 11 is 0. The van der Waals surface area contributed by atoms with Gasteiger partial charge in [0.25, 0.3) is 0 Å². The number of aromatic nitrogens is 3. The number of phenolic OH excluding ortho intramolecular Hbond substituents is 1. The first-order valence-electron chi connectivity index (χ1n) is 9.25. The number of ether oxygens (including phenoxy) is 1. The second kappa shape index (κ2) is 8.98. The average molecular weight is 391 g/mol. The Morgan fingerprint density at radius 3 is 2.55 bits per heavy atom. The Morgan fingerprint density at radius 1 is 0.966 bits per heavy atom. The molecule has 29 heavy (non-hydrogen) atoms. The lowest BCUT2D eigenvalue weighted by Crippen LogP contribution is -2.37. The molecule has 0 spiro atoms. The Labute approximate surface area is 168 Å². The fourth-order valence-electron chi connectivity index (χ4n) is 2.80. The number of benzene rings is 2. The van der Waals surface area contributed by atoms with Crippen LogP contribution < -0.4 is 15.6 Å². The third-order valence-electron chi connectivity index (χ3n) is 4.20. The zero-order chi connectivity index (χ0) is 19.9. The van der Waals surface area contributed by atoms with Crippen molar-refractivity contribution in [2.24, 2.45) is 5.10 Å². The average Bonchev–Trinajstić information content (AvgIpc) is 2.75. The van der Waals surface area contributed by atoms with E-state index in [0.717, 1.165) is 11.3 Å². The summed E-state index contributed by atoms with van der Waals surface area (Å²) in [6, 6.07) is 16.5. The number of aromatic hydroxyl groups is 1. The van der Waals surface area contributed by atoms with Crippen molar-refractivity contribution >= 4 is 29.7 Å². The summed E-state index contributed by atoms with van der Waals surface area (Å²) in [5, 5.41) is 16.9. The molecule has 4 rings (SSSR count). The highest BCUT2D eigenvalue weighted by molar-refractivity contribution is 5.80. The standard InChI is InChI=1S/C20H21N7O2/c28-17-8-4-5-15(13-17)14-21-26-19-23-18(22-16-6-2-1-3-7-16)24-20(25-19)27-9-11-29-12-10-27/h1-8,13-14,28H,9-12H2,(H2,22,23,24,25,26)/b21-14+. The summed E-state index contributed by atoms with van der Waals surface area (Å²) < 4.78 is 5.41. The summed E-state index contributed by atoms with van der Waals surface area (Å²) in [5.41, 5.74) is 4.47. The van der Waals surface area contributed by atoms with E-state index in [-0.39, 0.29) is 5.75 Å². The molecule has 9 heteroatoms. The van der Waals surface area contributed by atoms with Gasteiger partial charge in [0.1, 0.15) is 5.75 Å². The van der Waals surface area contributed by atoms with Gasteiger partial charge in [-0.2, -0.15) is 20.1 Å². The van der Waals surface area contributed by atoms with Crippen molar-refractivity contribution in [2.75, 3.05) is 41.9 Å². The molecule has 0 radical (unpaired) electrons. The second-order valence-corrected chi connectivity index (χ2v) is 6.34. The smallest absolute Gasteiger partial charge is 0.250 e. The quantitative estimate of drug-likeness (QED) is 0.435. The van der Waals surface area contributed by atoms with Gasteiger partial charge in [-0.25, -0.2) is 5.43 Å². The maximum Gasteiger partial charge on any atom is 0.250 e. The molecule has 148 valence electrons. The molecular weight excluding hydrogens is 370 g/mol. The largest absolute Gasteiger partial charge is 0.508 e. The fourth-order valence-corrected chi connectivity index (χ4v) is 2.80. The van der Waals surface area contributed by atoms with Gasteiger partial charge in [0, 0.05) is 18.8 Å². The Hall–Kier alpha value is -3.72. The number of nitrogens with one attached hydrogen (secondary N) is 2. The van der Waals surface area contributed by atoms with E-state index < -0.39 is 0 Å². The predicted octanol–water partition coefficient (Wildman–Crippen LogP) is 2.60. The summed E-state index contributed by atoms with van der Waals surface area (Å²) in [5.74, 6) is 1.47. The van der Waals surface area contributed by atoms with Crippen LogP contribution in [0.25, 0.3) is 0 Å². The Kier molecular flexibility index (Phi) is 5.77. The number of hydrogen-bond acceptors (Lipinski definition) is 9. The van der Waals surface area contributed by atoms with Gasteiger partial charge in [-0.05, 0) is 29.8 Å².